The van der Waals surface area contributed by atoms with E-state index in [1.54, 1.807) is 0 Å². The van der Waals surface area contributed by atoms with E-state index >= 15 is 0 Å². The molecule has 1 aliphatic rings. The summed E-state index contributed by atoms with van der Waals surface area (Å²) in [6.45, 7) is 12.0. The van der Waals surface area contributed by atoms with Crippen molar-refractivity contribution in [2.75, 3.05) is 32.7 Å². The van der Waals surface area contributed by atoms with Gasteiger partial charge in [-0.05, 0) is 13.8 Å². The number of nitrogens with one attached hydrogen (secondary N) is 2. The molecule has 16 heavy (non-hydrogen) atoms. The average Bonchev–Trinajstić information content (AvgIpc) is 2.61. The number of aryl methyl sites for hydroxylation is 2. The van der Waals surface area contributed by atoms with Gasteiger partial charge in [0, 0.05) is 44.3 Å². The lowest BCUT2D eigenvalue weighted by Crippen LogP contribution is -2.44. The first kappa shape index (κ1) is 11.6. The van der Waals surface area contributed by atoms with Gasteiger partial charge in [0.15, 0.2) is 0 Å². The summed E-state index contributed by atoms with van der Waals surface area (Å²) in [6, 6.07) is 0. The van der Waals surface area contributed by atoms with Crippen LogP contribution in [0.5, 0.6) is 0 Å². The van der Waals surface area contributed by atoms with E-state index in [2.05, 4.69) is 41.0 Å². The standard InChI is InChI=1S/C12H22N4/c1-9(8-16-6-4-13-5-7-16)12-14-10(2)11(3)15-12/h9,13H,4-8H2,1-3H3,(H,14,15). The second-order valence-electron chi connectivity index (χ2n) is 4.78. The predicted octanol–water partition coefficient (Wildman–Crippen LogP) is 1.04. The number of hydrogen-bond acceptors (Lipinski definition) is 3. The van der Waals surface area contributed by atoms with E-state index in [1.807, 2.05) is 0 Å². The smallest absolute Gasteiger partial charge is 0.110 e. The molecule has 0 amide bonds. The normalized spacial score (nSPS) is 19.9. The van der Waals surface area contributed by atoms with Gasteiger partial charge in [-0.15, -0.1) is 0 Å². The number of aromatic amines is 1. The number of aromatic nitrogens is 2. The van der Waals surface area contributed by atoms with Gasteiger partial charge in [-0.25, -0.2) is 4.98 Å². The van der Waals surface area contributed by atoms with Crippen molar-refractivity contribution in [2.45, 2.75) is 26.7 Å². The molecular weight excluding hydrogens is 200 g/mol. The maximum atomic E-state index is 4.58. The fourth-order valence-electron chi connectivity index (χ4n) is 2.18. The highest BCUT2D eigenvalue weighted by atomic mass is 15.2. The molecule has 1 unspecified atom stereocenters. The molecule has 1 atom stereocenters. The third-order valence-corrected chi connectivity index (χ3v) is 3.35. The maximum Gasteiger partial charge on any atom is 0.110 e. The van der Waals surface area contributed by atoms with E-state index in [0.717, 1.165) is 44.2 Å². The Labute approximate surface area is 97.4 Å². The summed E-state index contributed by atoms with van der Waals surface area (Å²) >= 11 is 0. The van der Waals surface area contributed by atoms with E-state index in [1.165, 1.54) is 5.69 Å². The topological polar surface area (TPSA) is 44.0 Å². The number of piperazine rings is 1. The van der Waals surface area contributed by atoms with Crippen molar-refractivity contribution in [3.63, 3.8) is 0 Å². The number of hydrogen-bond donors (Lipinski definition) is 2. The molecule has 1 aromatic rings. The molecule has 2 rings (SSSR count). The van der Waals surface area contributed by atoms with Crippen molar-refractivity contribution >= 4 is 0 Å². The van der Waals surface area contributed by atoms with Gasteiger partial charge >= 0.3 is 0 Å². The summed E-state index contributed by atoms with van der Waals surface area (Å²) in [5.74, 6) is 1.62. The molecule has 0 spiro atoms. The Morgan fingerprint density at radius 1 is 1.31 bits per heavy atom. The van der Waals surface area contributed by atoms with Crippen LogP contribution >= 0.6 is 0 Å². The molecule has 0 saturated carbocycles. The monoisotopic (exact) mass is 222 g/mol. The number of imidazole rings is 1. The summed E-state index contributed by atoms with van der Waals surface area (Å²) in [6.07, 6.45) is 0. The van der Waals surface area contributed by atoms with Crippen LogP contribution in [0.3, 0.4) is 0 Å². The Kier molecular flexibility index (Phi) is 3.61. The van der Waals surface area contributed by atoms with Gasteiger partial charge < -0.3 is 15.2 Å². The van der Waals surface area contributed by atoms with E-state index in [-0.39, 0.29) is 0 Å². The summed E-state index contributed by atoms with van der Waals surface area (Å²) < 4.78 is 0. The highest BCUT2D eigenvalue weighted by Crippen LogP contribution is 2.15. The minimum Gasteiger partial charge on any atom is -0.346 e. The lowest BCUT2D eigenvalue weighted by Gasteiger charge is -2.29. The van der Waals surface area contributed by atoms with E-state index in [0.29, 0.717) is 5.92 Å². The zero-order chi connectivity index (χ0) is 11.5. The molecule has 2 N–H and O–H groups in total. The van der Waals surface area contributed by atoms with Gasteiger partial charge in [0.1, 0.15) is 5.82 Å². The number of nitrogens with zero attached hydrogens (tertiary/aromatic N) is 2. The molecule has 1 fully saturated rings. The molecule has 1 aromatic heterocycles. The van der Waals surface area contributed by atoms with Gasteiger partial charge in [-0.1, -0.05) is 6.92 Å². The quantitative estimate of drug-likeness (QED) is 0.803. The summed E-state index contributed by atoms with van der Waals surface area (Å²) in [4.78, 5) is 10.5. The Bertz CT molecular complexity index is 319. The summed E-state index contributed by atoms with van der Waals surface area (Å²) in [5.41, 5.74) is 2.32. The van der Waals surface area contributed by atoms with Gasteiger partial charge in [0.05, 0.1) is 5.69 Å². The molecule has 0 aliphatic carbocycles. The van der Waals surface area contributed by atoms with Crippen molar-refractivity contribution in [1.29, 1.82) is 0 Å². The predicted molar refractivity (Wildman–Crippen MR) is 65.8 cm³/mol. The molecule has 0 bridgehead atoms. The number of H-pyrrole nitrogens is 1. The van der Waals surface area contributed by atoms with Gasteiger partial charge in [0.25, 0.3) is 0 Å². The van der Waals surface area contributed by atoms with Crippen molar-refractivity contribution in [3.05, 3.63) is 17.2 Å². The Morgan fingerprint density at radius 2 is 2.00 bits per heavy atom. The summed E-state index contributed by atoms with van der Waals surface area (Å²) in [5, 5.41) is 3.38. The van der Waals surface area contributed by atoms with Crippen LogP contribution in [0, 0.1) is 13.8 Å². The van der Waals surface area contributed by atoms with Crippen LogP contribution < -0.4 is 5.32 Å². The van der Waals surface area contributed by atoms with Gasteiger partial charge in [-0.2, -0.15) is 0 Å². The molecule has 2 heterocycles. The third kappa shape index (κ3) is 2.62. The van der Waals surface area contributed by atoms with Crippen LogP contribution in [0.2, 0.25) is 0 Å². The first-order valence-corrected chi connectivity index (χ1v) is 6.13. The lowest BCUT2D eigenvalue weighted by molar-refractivity contribution is 0.228. The van der Waals surface area contributed by atoms with Crippen molar-refractivity contribution in [1.82, 2.24) is 20.2 Å². The first-order chi connectivity index (χ1) is 7.66. The molecule has 1 aliphatic heterocycles. The Balaban J connectivity index is 1.93. The zero-order valence-electron chi connectivity index (χ0n) is 10.5. The fourth-order valence-corrected chi connectivity index (χ4v) is 2.18. The molecule has 4 heteroatoms. The minimum absolute atomic E-state index is 0.491. The van der Waals surface area contributed by atoms with Crippen molar-refractivity contribution in [3.8, 4) is 0 Å². The summed E-state index contributed by atoms with van der Waals surface area (Å²) in [7, 11) is 0. The average molecular weight is 222 g/mol. The molecule has 90 valence electrons. The fraction of sp³-hybridized carbons (Fsp3) is 0.750. The molecule has 0 aromatic carbocycles. The van der Waals surface area contributed by atoms with Crippen LogP contribution in [0.4, 0.5) is 0 Å². The van der Waals surface area contributed by atoms with Crippen LogP contribution in [-0.2, 0) is 0 Å². The lowest BCUT2D eigenvalue weighted by atomic mass is 10.1. The van der Waals surface area contributed by atoms with Gasteiger partial charge in [-0.3, -0.25) is 0 Å². The first-order valence-electron chi connectivity index (χ1n) is 6.13. The highest BCUT2D eigenvalue weighted by molar-refractivity contribution is 5.13. The van der Waals surface area contributed by atoms with Crippen molar-refractivity contribution < 1.29 is 0 Å². The SMILES string of the molecule is Cc1nc(C(C)CN2CCNCC2)[nH]c1C. The Hall–Kier alpha value is -0.870. The van der Waals surface area contributed by atoms with E-state index in [9.17, 15) is 0 Å². The van der Waals surface area contributed by atoms with Crippen LogP contribution in [0.1, 0.15) is 30.1 Å². The maximum absolute atomic E-state index is 4.58. The van der Waals surface area contributed by atoms with Crippen LogP contribution in [-0.4, -0.2) is 47.6 Å². The molecular formula is C12H22N4. The zero-order valence-corrected chi connectivity index (χ0v) is 10.5. The highest BCUT2D eigenvalue weighted by Gasteiger charge is 2.16. The minimum atomic E-state index is 0.491. The second kappa shape index (κ2) is 4.97. The molecule has 4 nitrogen and oxygen atoms in total. The largest absolute Gasteiger partial charge is 0.346 e. The van der Waals surface area contributed by atoms with E-state index < -0.39 is 0 Å². The molecule has 0 radical (unpaired) electrons. The second-order valence-corrected chi connectivity index (χ2v) is 4.78. The number of rotatable bonds is 3. The van der Waals surface area contributed by atoms with E-state index in [4.69, 9.17) is 0 Å². The third-order valence-electron chi connectivity index (χ3n) is 3.35. The van der Waals surface area contributed by atoms with Crippen molar-refractivity contribution in [2.24, 2.45) is 0 Å². The van der Waals surface area contributed by atoms with Gasteiger partial charge in [0.2, 0.25) is 0 Å². The van der Waals surface area contributed by atoms with Crippen LogP contribution in [0.15, 0.2) is 0 Å². The van der Waals surface area contributed by atoms with Crippen LogP contribution in [0.25, 0.3) is 0 Å². The molecule has 1 saturated heterocycles. The Morgan fingerprint density at radius 3 is 2.56 bits per heavy atom.